The number of ketones is 1. The van der Waals surface area contributed by atoms with E-state index in [1.54, 1.807) is 24.3 Å². The number of amides is 1. The lowest BCUT2D eigenvalue weighted by Gasteiger charge is -2.26. The van der Waals surface area contributed by atoms with Crippen molar-refractivity contribution in [1.29, 1.82) is 0 Å². The molecule has 2 atom stereocenters. The van der Waals surface area contributed by atoms with Gasteiger partial charge < -0.3 is 29.0 Å². The highest BCUT2D eigenvalue weighted by atomic mass is 16.5. The van der Waals surface area contributed by atoms with E-state index < -0.39 is 17.7 Å². The normalized spacial score (nSPS) is 20.2. The largest absolute Gasteiger partial charge is 0.507 e. The number of aliphatic hydroxyl groups is 1. The van der Waals surface area contributed by atoms with Crippen molar-refractivity contribution < 1.29 is 33.6 Å². The lowest BCUT2D eigenvalue weighted by atomic mass is 9.94. The highest BCUT2D eigenvalue weighted by Gasteiger charge is 2.46. The minimum Gasteiger partial charge on any atom is -0.507 e. The number of carbonyl (C=O) groups excluding carboxylic acids is 2. The second kappa shape index (κ2) is 11.7. The highest BCUT2D eigenvalue weighted by Crippen LogP contribution is 2.42. The van der Waals surface area contributed by atoms with Gasteiger partial charge in [0, 0.05) is 25.6 Å². The number of benzene rings is 2. The zero-order valence-electron chi connectivity index (χ0n) is 21.9. The summed E-state index contributed by atoms with van der Waals surface area (Å²) in [7, 11) is 1.54. The number of aliphatic hydroxyl groups excluding tert-OH is 1. The molecule has 2 aromatic carbocycles. The molecule has 0 radical (unpaired) electrons. The molecule has 0 aliphatic carbocycles. The molecule has 37 heavy (non-hydrogen) atoms. The van der Waals surface area contributed by atoms with Crippen LogP contribution in [-0.4, -0.2) is 61.3 Å². The average Bonchev–Trinajstić information content (AvgIpc) is 3.38. The summed E-state index contributed by atoms with van der Waals surface area (Å²) in [5, 5.41) is 11.4. The molecule has 2 heterocycles. The van der Waals surface area contributed by atoms with Crippen LogP contribution in [-0.2, 0) is 20.7 Å². The van der Waals surface area contributed by atoms with E-state index in [0.717, 1.165) is 24.2 Å². The van der Waals surface area contributed by atoms with Gasteiger partial charge in [-0.15, -0.1) is 0 Å². The Morgan fingerprint density at radius 1 is 1.08 bits per heavy atom. The van der Waals surface area contributed by atoms with Crippen LogP contribution in [0.2, 0.25) is 0 Å². The van der Waals surface area contributed by atoms with Gasteiger partial charge in [-0.1, -0.05) is 19.4 Å². The van der Waals surface area contributed by atoms with Gasteiger partial charge >= 0.3 is 0 Å². The number of likely N-dealkylation sites (tertiary alicyclic amines) is 1. The van der Waals surface area contributed by atoms with E-state index in [9.17, 15) is 14.7 Å². The van der Waals surface area contributed by atoms with Crippen molar-refractivity contribution in [1.82, 2.24) is 4.90 Å². The third kappa shape index (κ3) is 5.44. The fourth-order valence-electron chi connectivity index (χ4n) is 4.78. The van der Waals surface area contributed by atoms with E-state index in [-0.39, 0.29) is 30.6 Å². The van der Waals surface area contributed by atoms with Gasteiger partial charge in [-0.05, 0) is 61.7 Å². The average molecular weight is 510 g/mol. The quantitative estimate of drug-likeness (QED) is 0.204. The zero-order chi connectivity index (χ0) is 26.5. The Kier molecular flexibility index (Phi) is 8.38. The van der Waals surface area contributed by atoms with E-state index >= 15 is 0 Å². The van der Waals surface area contributed by atoms with E-state index in [0.29, 0.717) is 42.3 Å². The summed E-state index contributed by atoms with van der Waals surface area (Å²) in [5.74, 6) is 0.263. The molecule has 2 aliphatic heterocycles. The van der Waals surface area contributed by atoms with Gasteiger partial charge in [0.05, 0.1) is 31.4 Å². The second-order valence-electron chi connectivity index (χ2n) is 9.28. The van der Waals surface area contributed by atoms with Crippen molar-refractivity contribution >= 4 is 17.4 Å². The maximum absolute atomic E-state index is 13.3. The van der Waals surface area contributed by atoms with Crippen LogP contribution < -0.4 is 14.2 Å². The fourth-order valence-corrected chi connectivity index (χ4v) is 4.78. The van der Waals surface area contributed by atoms with Crippen LogP contribution >= 0.6 is 0 Å². The van der Waals surface area contributed by atoms with Gasteiger partial charge in [0.2, 0.25) is 0 Å². The number of ether oxygens (including phenoxy) is 4. The van der Waals surface area contributed by atoms with Gasteiger partial charge in [0.25, 0.3) is 11.7 Å². The van der Waals surface area contributed by atoms with E-state index in [1.807, 2.05) is 26.0 Å². The first kappa shape index (κ1) is 26.5. The Morgan fingerprint density at radius 3 is 2.62 bits per heavy atom. The van der Waals surface area contributed by atoms with Gasteiger partial charge in [-0.3, -0.25) is 9.59 Å². The molecule has 0 aromatic heterocycles. The predicted molar refractivity (Wildman–Crippen MR) is 139 cm³/mol. The van der Waals surface area contributed by atoms with Crippen LogP contribution in [0.5, 0.6) is 17.2 Å². The third-order valence-electron chi connectivity index (χ3n) is 6.58. The molecule has 4 rings (SSSR count). The molecule has 0 saturated carbocycles. The van der Waals surface area contributed by atoms with Gasteiger partial charge in [0.15, 0.2) is 11.5 Å². The molecule has 0 unspecified atom stereocenters. The van der Waals surface area contributed by atoms with Crippen LogP contribution in [0.3, 0.4) is 0 Å². The van der Waals surface area contributed by atoms with Crippen molar-refractivity contribution in [3.05, 3.63) is 58.7 Å². The van der Waals surface area contributed by atoms with Crippen molar-refractivity contribution in [2.45, 2.75) is 52.2 Å². The number of hydrogen-bond donors (Lipinski definition) is 1. The molecule has 2 aliphatic rings. The summed E-state index contributed by atoms with van der Waals surface area (Å²) < 4.78 is 22.7. The number of rotatable bonds is 11. The minimum absolute atomic E-state index is 0.0371. The molecule has 1 amide bonds. The lowest BCUT2D eigenvalue weighted by Crippen LogP contribution is -2.32. The molecule has 8 nitrogen and oxygen atoms in total. The number of unbranched alkanes of at least 4 members (excludes halogenated alkanes) is 1. The summed E-state index contributed by atoms with van der Waals surface area (Å²) in [6.07, 6.45) is 2.67. The Bertz CT molecular complexity index is 1190. The van der Waals surface area contributed by atoms with Crippen molar-refractivity contribution in [2.24, 2.45) is 0 Å². The number of methoxy groups -OCH3 is 1. The number of carbonyl (C=O) groups is 2. The Balaban J connectivity index is 1.79. The van der Waals surface area contributed by atoms with Crippen LogP contribution in [0, 0.1) is 0 Å². The maximum Gasteiger partial charge on any atom is 0.295 e. The monoisotopic (exact) mass is 509 g/mol. The molecule has 2 aromatic rings. The zero-order valence-corrected chi connectivity index (χ0v) is 21.9. The van der Waals surface area contributed by atoms with Crippen molar-refractivity contribution in [3.8, 4) is 17.2 Å². The summed E-state index contributed by atoms with van der Waals surface area (Å²) >= 11 is 0. The van der Waals surface area contributed by atoms with Crippen LogP contribution in [0.4, 0.5) is 0 Å². The van der Waals surface area contributed by atoms with Crippen LogP contribution in [0.1, 0.15) is 56.3 Å². The first-order valence-corrected chi connectivity index (χ1v) is 12.9. The molecule has 1 saturated heterocycles. The number of nitrogens with zero attached hydrogens (tertiary/aromatic N) is 1. The maximum atomic E-state index is 13.3. The topological polar surface area (TPSA) is 94.5 Å². The van der Waals surface area contributed by atoms with Crippen LogP contribution in [0.25, 0.3) is 5.76 Å². The summed E-state index contributed by atoms with van der Waals surface area (Å²) in [4.78, 5) is 27.9. The van der Waals surface area contributed by atoms with Crippen molar-refractivity contribution in [3.63, 3.8) is 0 Å². The van der Waals surface area contributed by atoms with E-state index in [2.05, 4.69) is 6.92 Å². The summed E-state index contributed by atoms with van der Waals surface area (Å²) in [5.41, 5.74) is 2.10. The highest BCUT2D eigenvalue weighted by molar-refractivity contribution is 6.46. The standard InChI is InChI=1S/C29H35NO7/c1-5-7-13-36-23-11-8-19(17-24(23)35-6-2)26-25(28(32)29(33)30(26)12-14-34-4)27(31)20-9-10-22-21(16-20)15-18(3)37-22/h8-11,16-18,26,31H,5-7,12-15H2,1-4H3/b27-25+/t18-,26+/m1/s1. The summed E-state index contributed by atoms with van der Waals surface area (Å²) in [6, 6.07) is 9.91. The SMILES string of the molecule is CCCCOc1ccc([C@H]2/C(=C(\O)c3ccc4c(c3)C[C@@H](C)O4)C(=O)C(=O)N2CCOC)cc1OCC. The Labute approximate surface area is 217 Å². The molecule has 0 bridgehead atoms. The van der Waals surface area contributed by atoms with Gasteiger partial charge in [0.1, 0.15) is 17.6 Å². The van der Waals surface area contributed by atoms with E-state index in [1.165, 1.54) is 12.0 Å². The predicted octanol–water partition coefficient (Wildman–Crippen LogP) is 4.66. The summed E-state index contributed by atoms with van der Waals surface area (Å²) in [6.45, 7) is 7.37. The second-order valence-corrected chi connectivity index (χ2v) is 9.28. The number of hydrogen-bond acceptors (Lipinski definition) is 7. The number of Topliss-reactive ketones (excluding diaryl/α,β-unsaturated/α-hetero) is 1. The first-order chi connectivity index (χ1) is 17.9. The first-order valence-electron chi connectivity index (χ1n) is 12.9. The Hall–Kier alpha value is -3.52. The van der Waals surface area contributed by atoms with Crippen molar-refractivity contribution in [2.75, 3.05) is 33.5 Å². The molecule has 1 N–H and O–H groups in total. The molecule has 0 spiro atoms. The Morgan fingerprint density at radius 2 is 1.89 bits per heavy atom. The third-order valence-corrected chi connectivity index (χ3v) is 6.58. The van der Waals surface area contributed by atoms with E-state index in [4.69, 9.17) is 18.9 Å². The van der Waals surface area contributed by atoms with Crippen LogP contribution in [0.15, 0.2) is 42.0 Å². The smallest absolute Gasteiger partial charge is 0.295 e. The molecule has 8 heteroatoms. The van der Waals surface area contributed by atoms with Gasteiger partial charge in [-0.2, -0.15) is 0 Å². The molecule has 198 valence electrons. The minimum atomic E-state index is -0.803. The molecular weight excluding hydrogens is 474 g/mol. The lowest BCUT2D eigenvalue weighted by molar-refractivity contribution is -0.140. The molecular formula is C29H35NO7. The number of fused-ring (bicyclic) bond motifs is 1. The van der Waals surface area contributed by atoms with Gasteiger partial charge in [-0.25, -0.2) is 0 Å². The molecule has 1 fully saturated rings. The fraction of sp³-hybridized carbons (Fsp3) is 0.448.